The summed E-state index contributed by atoms with van der Waals surface area (Å²) in [7, 11) is 0. The Labute approximate surface area is 108 Å². The number of aliphatic hydroxyl groups excluding tert-OH is 1. The maximum absolute atomic E-state index is 9.84. The smallest absolute Gasteiger partial charge is 0.121 e. The van der Waals surface area contributed by atoms with Crippen molar-refractivity contribution in [3.8, 4) is 5.75 Å². The van der Waals surface area contributed by atoms with E-state index in [1.165, 1.54) is 0 Å². The Morgan fingerprint density at radius 1 is 0.944 bits per heavy atom. The van der Waals surface area contributed by atoms with Gasteiger partial charge in [-0.1, -0.05) is 56.3 Å². The van der Waals surface area contributed by atoms with E-state index in [1.807, 2.05) is 30.3 Å². The fraction of sp³-hybridized carbons (Fsp3) is 0.250. The highest BCUT2D eigenvalue weighted by atomic mass is 16.3. The van der Waals surface area contributed by atoms with E-state index in [1.54, 1.807) is 6.07 Å². The van der Waals surface area contributed by atoms with Crippen molar-refractivity contribution in [3.05, 3.63) is 65.2 Å². The maximum atomic E-state index is 9.84. The van der Waals surface area contributed by atoms with Gasteiger partial charge in [0.25, 0.3) is 0 Å². The van der Waals surface area contributed by atoms with Crippen molar-refractivity contribution in [2.45, 2.75) is 25.9 Å². The number of hydrogen-bond acceptors (Lipinski definition) is 2. The molecule has 2 N–H and O–H groups in total. The number of aliphatic hydroxyl groups is 1. The van der Waals surface area contributed by atoms with Gasteiger partial charge in [0.15, 0.2) is 0 Å². The van der Waals surface area contributed by atoms with Crippen molar-refractivity contribution in [2.75, 3.05) is 0 Å². The summed E-state index contributed by atoms with van der Waals surface area (Å²) in [5, 5.41) is 19.3. The SMILES string of the molecule is CC(C)(c1ccccc1)c1cccc(O)c1CO. The predicted octanol–water partition coefficient (Wildman–Crippen LogP) is 3.21. The second-order valence-electron chi connectivity index (χ2n) is 4.95. The van der Waals surface area contributed by atoms with Crippen LogP contribution in [0.3, 0.4) is 0 Å². The minimum atomic E-state index is -0.252. The Bertz CT molecular complexity index is 530. The number of benzene rings is 2. The van der Waals surface area contributed by atoms with Gasteiger partial charge in [-0.3, -0.25) is 0 Å². The van der Waals surface area contributed by atoms with Crippen molar-refractivity contribution in [1.82, 2.24) is 0 Å². The van der Waals surface area contributed by atoms with E-state index in [9.17, 15) is 10.2 Å². The zero-order chi connectivity index (χ0) is 13.2. The second-order valence-corrected chi connectivity index (χ2v) is 4.95. The van der Waals surface area contributed by atoms with Gasteiger partial charge in [-0.2, -0.15) is 0 Å². The average Bonchev–Trinajstić information content (AvgIpc) is 2.39. The van der Waals surface area contributed by atoms with Crippen LogP contribution in [0.2, 0.25) is 0 Å². The van der Waals surface area contributed by atoms with Crippen LogP contribution in [-0.4, -0.2) is 10.2 Å². The minimum absolute atomic E-state index is 0.152. The minimum Gasteiger partial charge on any atom is -0.508 e. The van der Waals surface area contributed by atoms with E-state index >= 15 is 0 Å². The van der Waals surface area contributed by atoms with Crippen LogP contribution in [0.25, 0.3) is 0 Å². The summed E-state index contributed by atoms with van der Waals surface area (Å²) < 4.78 is 0. The normalized spacial score (nSPS) is 11.5. The van der Waals surface area contributed by atoms with E-state index < -0.39 is 0 Å². The summed E-state index contributed by atoms with van der Waals surface area (Å²) in [6.45, 7) is 4.03. The maximum Gasteiger partial charge on any atom is 0.121 e. The third-order valence-electron chi connectivity index (χ3n) is 3.48. The molecule has 0 aliphatic carbocycles. The van der Waals surface area contributed by atoms with Gasteiger partial charge < -0.3 is 10.2 Å². The van der Waals surface area contributed by atoms with Gasteiger partial charge in [-0.15, -0.1) is 0 Å². The Morgan fingerprint density at radius 3 is 2.22 bits per heavy atom. The molecule has 2 aromatic carbocycles. The Morgan fingerprint density at radius 2 is 1.61 bits per heavy atom. The lowest BCUT2D eigenvalue weighted by atomic mass is 9.76. The first-order valence-electron chi connectivity index (χ1n) is 6.05. The van der Waals surface area contributed by atoms with Crippen LogP contribution in [0.4, 0.5) is 0 Å². The van der Waals surface area contributed by atoms with Crippen LogP contribution >= 0.6 is 0 Å². The highest BCUT2D eigenvalue weighted by molar-refractivity contribution is 5.47. The van der Waals surface area contributed by atoms with E-state index in [-0.39, 0.29) is 17.8 Å². The number of phenols is 1. The molecule has 0 bridgehead atoms. The average molecular weight is 242 g/mol. The van der Waals surface area contributed by atoms with Gasteiger partial charge in [0.2, 0.25) is 0 Å². The summed E-state index contributed by atoms with van der Waals surface area (Å²) in [5.41, 5.74) is 2.46. The van der Waals surface area contributed by atoms with E-state index in [2.05, 4.69) is 26.0 Å². The first kappa shape index (κ1) is 12.7. The standard InChI is InChI=1S/C16H18O2/c1-16(2,12-7-4-3-5-8-12)14-9-6-10-15(18)13(14)11-17/h3-10,17-18H,11H2,1-2H3. The molecule has 0 saturated carbocycles. The molecule has 2 heteroatoms. The number of rotatable bonds is 3. The Hall–Kier alpha value is -1.80. The van der Waals surface area contributed by atoms with Crippen LogP contribution in [0.5, 0.6) is 5.75 Å². The first-order chi connectivity index (χ1) is 8.57. The lowest BCUT2D eigenvalue weighted by Gasteiger charge is -2.28. The highest BCUT2D eigenvalue weighted by Gasteiger charge is 2.26. The van der Waals surface area contributed by atoms with Gasteiger partial charge in [-0.25, -0.2) is 0 Å². The zero-order valence-electron chi connectivity index (χ0n) is 10.7. The summed E-state index contributed by atoms with van der Waals surface area (Å²) in [4.78, 5) is 0. The molecule has 0 radical (unpaired) electrons. The molecular weight excluding hydrogens is 224 g/mol. The number of hydrogen-bond donors (Lipinski definition) is 2. The van der Waals surface area contributed by atoms with Gasteiger partial charge in [-0.05, 0) is 17.2 Å². The molecule has 0 fully saturated rings. The largest absolute Gasteiger partial charge is 0.508 e. The van der Waals surface area contributed by atoms with Gasteiger partial charge in [0.05, 0.1) is 6.61 Å². The van der Waals surface area contributed by atoms with Crippen molar-refractivity contribution in [1.29, 1.82) is 0 Å². The molecular formula is C16H18O2. The lowest BCUT2D eigenvalue weighted by Crippen LogP contribution is -2.21. The molecule has 0 saturated heterocycles. The van der Waals surface area contributed by atoms with Crippen LogP contribution in [0.15, 0.2) is 48.5 Å². The Balaban J connectivity index is 2.58. The van der Waals surface area contributed by atoms with Crippen LogP contribution < -0.4 is 0 Å². The molecule has 0 unspecified atom stereocenters. The van der Waals surface area contributed by atoms with Crippen molar-refractivity contribution in [3.63, 3.8) is 0 Å². The molecule has 2 aromatic rings. The summed E-state index contributed by atoms with van der Waals surface area (Å²) in [6, 6.07) is 15.5. The lowest BCUT2D eigenvalue weighted by molar-refractivity contribution is 0.272. The molecule has 0 atom stereocenters. The van der Waals surface area contributed by atoms with Crippen LogP contribution in [-0.2, 0) is 12.0 Å². The van der Waals surface area contributed by atoms with E-state index in [0.29, 0.717) is 5.56 Å². The fourth-order valence-corrected chi connectivity index (χ4v) is 2.34. The predicted molar refractivity (Wildman–Crippen MR) is 72.6 cm³/mol. The molecule has 0 spiro atoms. The molecule has 0 aliphatic heterocycles. The fourth-order valence-electron chi connectivity index (χ4n) is 2.34. The van der Waals surface area contributed by atoms with Crippen molar-refractivity contribution in [2.24, 2.45) is 0 Å². The molecule has 0 heterocycles. The van der Waals surface area contributed by atoms with E-state index in [0.717, 1.165) is 11.1 Å². The van der Waals surface area contributed by atoms with Crippen LogP contribution in [0.1, 0.15) is 30.5 Å². The Kier molecular flexibility index (Phi) is 3.39. The quantitative estimate of drug-likeness (QED) is 0.867. The molecule has 18 heavy (non-hydrogen) atoms. The summed E-state index contributed by atoms with van der Waals surface area (Å²) in [5.74, 6) is 0.152. The topological polar surface area (TPSA) is 40.5 Å². The molecule has 2 nitrogen and oxygen atoms in total. The summed E-state index contributed by atoms with van der Waals surface area (Å²) >= 11 is 0. The molecule has 0 aromatic heterocycles. The van der Waals surface area contributed by atoms with Crippen molar-refractivity contribution < 1.29 is 10.2 Å². The molecule has 0 aliphatic rings. The number of aromatic hydroxyl groups is 1. The van der Waals surface area contributed by atoms with Gasteiger partial charge in [0.1, 0.15) is 5.75 Å². The zero-order valence-corrected chi connectivity index (χ0v) is 10.7. The summed E-state index contributed by atoms with van der Waals surface area (Å²) in [6.07, 6.45) is 0. The highest BCUT2D eigenvalue weighted by Crippen LogP contribution is 2.36. The monoisotopic (exact) mass is 242 g/mol. The van der Waals surface area contributed by atoms with Crippen LogP contribution in [0, 0.1) is 0 Å². The van der Waals surface area contributed by atoms with Gasteiger partial charge >= 0.3 is 0 Å². The first-order valence-corrected chi connectivity index (χ1v) is 6.05. The second kappa shape index (κ2) is 4.83. The molecule has 0 amide bonds. The molecule has 2 rings (SSSR count). The van der Waals surface area contributed by atoms with Crippen molar-refractivity contribution >= 4 is 0 Å². The van der Waals surface area contributed by atoms with Gasteiger partial charge in [0, 0.05) is 11.0 Å². The van der Waals surface area contributed by atoms with E-state index in [4.69, 9.17) is 0 Å². The third-order valence-corrected chi connectivity index (χ3v) is 3.48. The molecule has 94 valence electrons. The third kappa shape index (κ3) is 2.12.